The van der Waals surface area contributed by atoms with Crippen LogP contribution < -0.4 is 0 Å². The van der Waals surface area contributed by atoms with E-state index in [1.807, 2.05) is 0 Å². The van der Waals surface area contributed by atoms with Crippen molar-refractivity contribution in [2.24, 2.45) is 0 Å². The molecular formula is C21H34O3. The van der Waals surface area contributed by atoms with Gasteiger partial charge in [-0.1, -0.05) is 56.0 Å². The van der Waals surface area contributed by atoms with E-state index in [4.69, 9.17) is 14.6 Å². The van der Waals surface area contributed by atoms with E-state index in [-0.39, 0.29) is 5.79 Å². The molecule has 136 valence electrons. The van der Waals surface area contributed by atoms with E-state index in [9.17, 15) is 0 Å². The summed E-state index contributed by atoms with van der Waals surface area (Å²) in [6.45, 7) is 1.82. The zero-order chi connectivity index (χ0) is 16.9. The van der Waals surface area contributed by atoms with Crippen LogP contribution in [0.3, 0.4) is 0 Å². The summed E-state index contributed by atoms with van der Waals surface area (Å²) >= 11 is 0. The van der Waals surface area contributed by atoms with Crippen molar-refractivity contribution in [3.05, 3.63) is 35.9 Å². The first-order chi connectivity index (χ1) is 11.8. The molecule has 1 aromatic rings. The van der Waals surface area contributed by atoms with Gasteiger partial charge in [0, 0.05) is 19.4 Å². The Kier molecular flexibility index (Phi) is 9.40. The van der Waals surface area contributed by atoms with Gasteiger partial charge in [-0.05, 0) is 37.7 Å². The van der Waals surface area contributed by atoms with Gasteiger partial charge in [-0.2, -0.15) is 0 Å². The van der Waals surface area contributed by atoms with E-state index in [0.29, 0.717) is 6.61 Å². The lowest BCUT2D eigenvalue weighted by Gasteiger charge is -2.27. The third kappa shape index (κ3) is 7.33. The van der Waals surface area contributed by atoms with Crippen molar-refractivity contribution in [2.45, 2.75) is 76.4 Å². The number of aliphatic hydroxyl groups is 1. The fourth-order valence-corrected chi connectivity index (χ4v) is 3.49. The molecule has 0 spiro atoms. The van der Waals surface area contributed by atoms with Gasteiger partial charge in [0.15, 0.2) is 5.79 Å². The summed E-state index contributed by atoms with van der Waals surface area (Å²) in [5.41, 5.74) is 1.42. The highest BCUT2D eigenvalue weighted by atomic mass is 16.7. The molecule has 0 atom stereocenters. The number of aryl methyl sites for hydroxylation is 1. The number of hydrogen-bond donors (Lipinski definition) is 1. The molecule has 0 aliphatic carbocycles. The van der Waals surface area contributed by atoms with Crippen molar-refractivity contribution in [3.63, 3.8) is 0 Å². The fourth-order valence-electron chi connectivity index (χ4n) is 3.49. The minimum atomic E-state index is -0.304. The van der Waals surface area contributed by atoms with Gasteiger partial charge in [-0.15, -0.1) is 0 Å². The quantitative estimate of drug-likeness (QED) is 0.523. The van der Waals surface area contributed by atoms with Gasteiger partial charge in [0.05, 0.1) is 13.2 Å². The number of unbranched alkanes of at least 4 members (excludes halogenated alkanes) is 6. The van der Waals surface area contributed by atoms with Crippen LogP contribution in [0.4, 0.5) is 0 Å². The Morgan fingerprint density at radius 2 is 1.33 bits per heavy atom. The van der Waals surface area contributed by atoms with Gasteiger partial charge in [0.25, 0.3) is 0 Å². The molecule has 1 fully saturated rings. The Balaban J connectivity index is 1.59. The van der Waals surface area contributed by atoms with Crippen molar-refractivity contribution < 1.29 is 14.6 Å². The molecule has 0 aromatic heterocycles. The van der Waals surface area contributed by atoms with Crippen molar-refractivity contribution in [1.29, 1.82) is 0 Å². The molecule has 1 heterocycles. The monoisotopic (exact) mass is 334 g/mol. The Labute approximate surface area is 147 Å². The minimum absolute atomic E-state index is 0.304. The molecule has 1 aliphatic rings. The van der Waals surface area contributed by atoms with Crippen LogP contribution >= 0.6 is 0 Å². The average molecular weight is 335 g/mol. The van der Waals surface area contributed by atoms with E-state index in [1.165, 1.54) is 37.7 Å². The number of aliphatic hydroxyl groups excluding tert-OH is 1. The predicted molar refractivity (Wildman–Crippen MR) is 98.0 cm³/mol. The molecule has 2 rings (SSSR count). The maximum absolute atomic E-state index is 8.79. The lowest BCUT2D eigenvalue weighted by molar-refractivity contribution is -0.168. The molecular weight excluding hydrogens is 300 g/mol. The normalized spacial score (nSPS) is 16.5. The summed E-state index contributed by atoms with van der Waals surface area (Å²) in [4.78, 5) is 0. The van der Waals surface area contributed by atoms with E-state index in [0.717, 1.165) is 51.7 Å². The summed E-state index contributed by atoms with van der Waals surface area (Å²) in [5.74, 6) is -0.304. The summed E-state index contributed by atoms with van der Waals surface area (Å²) in [5, 5.41) is 8.79. The van der Waals surface area contributed by atoms with Crippen LogP contribution in [0.5, 0.6) is 0 Å². The lowest BCUT2D eigenvalue weighted by atomic mass is 9.98. The zero-order valence-corrected chi connectivity index (χ0v) is 15.0. The number of rotatable bonds is 13. The molecule has 1 aliphatic heterocycles. The van der Waals surface area contributed by atoms with Gasteiger partial charge in [-0.25, -0.2) is 0 Å². The second kappa shape index (κ2) is 11.6. The molecule has 1 N–H and O–H groups in total. The van der Waals surface area contributed by atoms with Crippen LogP contribution in [0.2, 0.25) is 0 Å². The largest absolute Gasteiger partial charge is 0.396 e. The molecule has 3 heteroatoms. The maximum Gasteiger partial charge on any atom is 0.168 e. The van der Waals surface area contributed by atoms with Crippen LogP contribution in [0, 0.1) is 0 Å². The summed E-state index contributed by atoms with van der Waals surface area (Å²) in [6, 6.07) is 10.7. The lowest BCUT2D eigenvalue weighted by Crippen LogP contribution is -2.30. The highest BCUT2D eigenvalue weighted by Crippen LogP contribution is 2.31. The molecule has 0 saturated carbocycles. The van der Waals surface area contributed by atoms with Crippen LogP contribution in [0.1, 0.15) is 69.8 Å². The summed E-state index contributed by atoms with van der Waals surface area (Å²) in [6.07, 6.45) is 12.5. The number of hydrogen-bond acceptors (Lipinski definition) is 3. The van der Waals surface area contributed by atoms with E-state index in [1.54, 1.807) is 0 Å². The smallest absolute Gasteiger partial charge is 0.168 e. The first-order valence-corrected chi connectivity index (χ1v) is 9.77. The maximum atomic E-state index is 8.79. The van der Waals surface area contributed by atoms with Crippen LogP contribution in [0.15, 0.2) is 30.3 Å². The molecule has 3 nitrogen and oxygen atoms in total. The van der Waals surface area contributed by atoms with Gasteiger partial charge < -0.3 is 14.6 Å². The van der Waals surface area contributed by atoms with E-state index < -0.39 is 0 Å². The Morgan fingerprint density at radius 3 is 2.00 bits per heavy atom. The summed E-state index contributed by atoms with van der Waals surface area (Å²) < 4.78 is 12.0. The van der Waals surface area contributed by atoms with Crippen molar-refractivity contribution in [2.75, 3.05) is 19.8 Å². The van der Waals surface area contributed by atoms with Gasteiger partial charge in [0.2, 0.25) is 0 Å². The Hall–Kier alpha value is -0.900. The number of benzene rings is 1. The summed E-state index contributed by atoms with van der Waals surface area (Å²) in [7, 11) is 0. The Morgan fingerprint density at radius 1 is 0.750 bits per heavy atom. The predicted octanol–water partition coefficient (Wildman–Crippen LogP) is 4.87. The molecule has 0 unspecified atom stereocenters. The van der Waals surface area contributed by atoms with Crippen LogP contribution in [-0.2, 0) is 15.9 Å². The fraction of sp³-hybridized carbons (Fsp3) is 0.714. The average Bonchev–Trinajstić information content (AvgIpc) is 3.08. The highest BCUT2D eigenvalue weighted by molar-refractivity contribution is 5.14. The number of ether oxygens (including phenoxy) is 2. The van der Waals surface area contributed by atoms with Crippen molar-refractivity contribution >= 4 is 0 Å². The zero-order valence-electron chi connectivity index (χ0n) is 15.0. The van der Waals surface area contributed by atoms with Crippen LogP contribution in [-0.4, -0.2) is 30.7 Å². The van der Waals surface area contributed by atoms with Gasteiger partial charge in [0.1, 0.15) is 0 Å². The first-order valence-electron chi connectivity index (χ1n) is 9.77. The third-order valence-corrected chi connectivity index (χ3v) is 4.90. The second-order valence-corrected chi connectivity index (χ2v) is 6.90. The van der Waals surface area contributed by atoms with Crippen LogP contribution in [0.25, 0.3) is 0 Å². The SMILES string of the molecule is OCCCCCCCCC1(CCCCc2ccccc2)OCCO1. The van der Waals surface area contributed by atoms with Crippen molar-refractivity contribution in [3.8, 4) is 0 Å². The minimum Gasteiger partial charge on any atom is -0.396 e. The molecule has 0 amide bonds. The van der Waals surface area contributed by atoms with E-state index >= 15 is 0 Å². The Bertz CT molecular complexity index is 412. The molecule has 0 radical (unpaired) electrons. The highest BCUT2D eigenvalue weighted by Gasteiger charge is 2.35. The second-order valence-electron chi connectivity index (χ2n) is 6.90. The molecule has 24 heavy (non-hydrogen) atoms. The first kappa shape index (κ1) is 19.4. The van der Waals surface area contributed by atoms with Crippen molar-refractivity contribution in [1.82, 2.24) is 0 Å². The molecule has 0 bridgehead atoms. The van der Waals surface area contributed by atoms with Gasteiger partial charge in [-0.3, -0.25) is 0 Å². The standard InChI is InChI=1S/C21H34O3/c22-17-11-4-2-1-3-9-15-21(23-18-19-24-21)16-10-8-14-20-12-6-5-7-13-20/h5-7,12-13,22H,1-4,8-11,14-19H2. The van der Waals surface area contributed by atoms with Gasteiger partial charge >= 0.3 is 0 Å². The third-order valence-electron chi connectivity index (χ3n) is 4.90. The van der Waals surface area contributed by atoms with E-state index in [2.05, 4.69) is 30.3 Å². The topological polar surface area (TPSA) is 38.7 Å². The molecule has 1 aromatic carbocycles. The molecule has 1 saturated heterocycles.